The van der Waals surface area contributed by atoms with Gasteiger partial charge in [-0.25, -0.2) is 9.79 Å². The molecule has 0 saturated carbocycles. The summed E-state index contributed by atoms with van der Waals surface area (Å²) in [6.07, 6.45) is 1.50. The van der Waals surface area contributed by atoms with Crippen LogP contribution in [-0.4, -0.2) is 39.9 Å². The molecule has 2 aromatic carbocycles. The van der Waals surface area contributed by atoms with Crippen molar-refractivity contribution < 1.29 is 29.4 Å². The van der Waals surface area contributed by atoms with Gasteiger partial charge >= 0.3 is 5.97 Å². The van der Waals surface area contributed by atoms with Crippen LogP contribution in [0.15, 0.2) is 63.7 Å². The van der Waals surface area contributed by atoms with Crippen molar-refractivity contribution >= 4 is 40.2 Å². The van der Waals surface area contributed by atoms with Gasteiger partial charge in [0.15, 0.2) is 0 Å². The van der Waals surface area contributed by atoms with E-state index in [9.17, 15) is 25.1 Å². The van der Waals surface area contributed by atoms with Crippen LogP contribution in [0.1, 0.15) is 12.5 Å². The maximum atomic E-state index is 12.4. The number of hydrogen-bond acceptors (Lipinski definition) is 9. The van der Waals surface area contributed by atoms with E-state index >= 15 is 0 Å². The van der Waals surface area contributed by atoms with Gasteiger partial charge in [-0.3, -0.25) is 10.1 Å². The Morgan fingerprint density at radius 1 is 1.23 bits per heavy atom. The van der Waals surface area contributed by atoms with E-state index in [-0.39, 0.29) is 39.3 Å². The van der Waals surface area contributed by atoms with Crippen LogP contribution in [-0.2, 0) is 9.53 Å². The minimum atomic E-state index is -0.758. The number of esters is 1. The van der Waals surface area contributed by atoms with Gasteiger partial charge in [0.1, 0.15) is 27.9 Å². The molecule has 1 aliphatic heterocycles. The zero-order chi connectivity index (χ0) is 22.5. The van der Waals surface area contributed by atoms with E-state index in [1.807, 2.05) is 0 Å². The first-order chi connectivity index (χ1) is 14.8. The zero-order valence-corrected chi connectivity index (χ0v) is 17.4. The molecule has 160 valence electrons. The van der Waals surface area contributed by atoms with Crippen LogP contribution in [0.25, 0.3) is 6.08 Å². The van der Waals surface area contributed by atoms with Gasteiger partial charge < -0.3 is 19.7 Å². The monoisotopic (exact) mass is 442 g/mol. The van der Waals surface area contributed by atoms with E-state index in [1.165, 1.54) is 43.5 Å². The van der Waals surface area contributed by atoms with Crippen LogP contribution >= 0.6 is 11.8 Å². The first-order valence-corrected chi connectivity index (χ1v) is 9.86. The first kappa shape index (κ1) is 21.9. The normalized spacial score (nSPS) is 16.1. The number of nitro groups is 1. The highest BCUT2D eigenvalue weighted by molar-refractivity contribution is 8.18. The number of thioether (sulfide) groups is 1. The molecule has 9 nitrogen and oxygen atoms in total. The highest BCUT2D eigenvalue weighted by Gasteiger charge is 2.33. The number of aliphatic imine (C=N–C) groups is 1. The summed E-state index contributed by atoms with van der Waals surface area (Å²) in [7, 11) is 1.48. The van der Waals surface area contributed by atoms with E-state index < -0.39 is 10.9 Å². The van der Waals surface area contributed by atoms with Gasteiger partial charge in [-0.15, -0.1) is 0 Å². The molecule has 0 amide bonds. The third-order valence-electron chi connectivity index (χ3n) is 4.18. The quantitative estimate of drug-likeness (QED) is 0.380. The van der Waals surface area contributed by atoms with Gasteiger partial charge in [-0.1, -0.05) is 11.8 Å². The Labute approximate surface area is 181 Å². The Bertz CT molecular complexity index is 1120. The molecule has 2 aromatic rings. The summed E-state index contributed by atoms with van der Waals surface area (Å²) in [6.45, 7) is 1.73. The molecule has 0 atom stereocenters. The van der Waals surface area contributed by atoms with Crippen molar-refractivity contribution in [3.8, 4) is 11.5 Å². The number of ether oxygens (including phenoxy) is 2. The van der Waals surface area contributed by atoms with E-state index in [4.69, 9.17) is 9.47 Å². The second-order valence-corrected chi connectivity index (χ2v) is 7.20. The number of hydrogen-bond donors (Lipinski definition) is 2. The molecule has 10 heteroatoms. The molecule has 0 aromatic heterocycles. The van der Waals surface area contributed by atoms with Crippen molar-refractivity contribution in [3.05, 3.63) is 74.4 Å². The smallest absolute Gasteiger partial charge is 0.344 e. The average Bonchev–Trinajstić information content (AvgIpc) is 3.05. The number of aliphatic hydroxyl groups is 1. The molecule has 1 heterocycles. The molecule has 31 heavy (non-hydrogen) atoms. The Morgan fingerprint density at radius 3 is 2.55 bits per heavy atom. The molecule has 0 unspecified atom stereocenters. The zero-order valence-electron chi connectivity index (χ0n) is 16.6. The summed E-state index contributed by atoms with van der Waals surface area (Å²) in [6, 6.07) is 10.0. The Kier molecular flexibility index (Phi) is 6.61. The lowest BCUT2D eigenvalue weighted by molar-refractivity contribution is -0.384. The number of nitrogens with zero attached hydrogens (tertiary/aromatic N) is 2. The van der Waals surface area contributed by atoms with Crippen molar-refractivity contribution in [1.29, 1.82) is 0 Å². The largest absolute Gasteiger partial charge is 0.507 e. The number of benzene rings is 2. The van der Waals surface area contributed by atoms with Crippen LogP contribution in [0.5, 0.6) is 11.5 Å². The van der Waals surface area contributed by atoms with Gasteiger partial charge in [-0.05, 0) is 43.3 Å². The van der Waals surface area contributed by atoms with E-state index in [0.29, 0.717) is 17.0 Å². The molecular formula is C21H18N2O7S. The number of aromatic hydroxyl groups is 1. The van der Waals surface area contributed by atoms with Crippen LogP contribution in [0.4, 0.5) is 11.4 Å². The number of rotatable bonds is 6. The lowest BCUT2D eigenvalue weighted by Crippen LogP contribution is -2.12. The number of carbonyl (C=O) groups excluding carboxylic acids is 1. The van der Waals surface area contributed by atoms with Crippen molar-refractivity contribution in [2.75, 3.05) is 13.7 Å². The number of methoxy groups -OCH3 is 1. The van der Waals surface area contributed by atoms with E-state index in [2.05, 4.69) is 4.99 Å². The number of phenolic OH excluding ortho intramolecular Hbond substituents is 1. The van der Waals surface area contributed by atoms with Gasteiger partial charge in [0.25, 0.3) is 5.69 Å². The molecule has 0 fully saturated rings. The second-order valence-electron chi connectivity index (χ2n) is 6.17. The number of aliphatic hydroxyl groups excluding tert-OH is 1. The summed E-state index contributed by atoms with van der Waals surface area (Å²) < 4.78 is 10.2. The van der Waals surface area contributed by atoms with Crippen LogP contribution in [0.3, 0.4) is 0 Å². The lowest BCUT2D eigenvalue weighted by Gasteiger charge is -2.04. The second kappa shape index (κ2) is 9.35. The number of carbonyl (C=O) groups is 1. The van der Waals surface area contributed by atoms with Crippen molar-refractivity contribution in [1.82, 2.24) is 0 Å². The SMILES string of the molecule is CCOC(=O)C1=C(O)/C(=C\c2cc(OC)ccc2O)SC1=Nc1ccc([N+](=O)[O-])cc1. The topological polar surface area (TPSA) is 131 Å². The van der Waals surface area contributed by atoms with E-state index in [0.717, 1.165) is 11.8 Å². The van der Waals surface area contributed by atoms with Crippen molar-refractivity contribution in [2.24, 2.45) is 4.99 Å². The maximum Gasteiger partial charge on any atom is 0.344 e. The third kappa shape index (κ3) is 4.86. The lowest BCUT2D eigenvalue weighted by atomic mass is 10.1. The minimum absolute atomic E-state index is 0.0415. The molecule has 0 radical (unpaired) electrons. The number of nitro benzene ring substituents is 1. The molecule has 0 bridgehead atoms. The number of non-ortho nitro benzene ring substituents is 1. The van der Waals surface area contributed by atoms with Crippen LogP contribution < -0.4 is 4.74 Å². The Balaban J connectivity index is 2.05. The van der Waals surface area contributed by atoms with Gasteiger partial charge in [0.05, 0.1) is 29.2 Å². The Hall–Kier alpha value is -3.79. The fourth-order valence-electron chi connectivity index (χ4n) is 2.67. The fraction of sp³-hybridized carbons (Fsp3) is 0.143. The maximum absolute atomic E-state index is 12.4. The minimum Gasteiger partial charge on any atom is -0.507 e. The fourth-order valence-corrected chi connectivity index (χ4v) is 3.70. The summed E-state index contributed by atoms with van der Waals surface area (Å²) in [5.41, 5.74) is 0.501. The summed E-state index contributed by atoms with van der Waals surface area (Å²) in [4.78, 5) is 27.4. The Morgan fingerprint density at radius 2 is 1.94 bits per heavy atom. The molecule has 0 aliphatic carbocycles. The first-order valence-electron chi connectivity index (χ1n) is 9.04. The van der Waals surface area contributed by atoms with Gasteiger partial charge in [0, 0.05) is 17.7 Å². The highest BCUT2D eigenvalue weighted by atomic mass is 32.2. The third-order valence-corrected chi connectivity index (χ3v) is 5.20. The average molecular weight is 442 g/mol. The number of phenols is 1. The van der Waals surface area contributed by atoms with E-state index in [1.54, 1.807) is 19.1 Å². The standard InChI is InChI=1S/C21H18N2O7S/c1-3-30-21(26)18-19(25)17(11-12-10-15(29-2)8-9-16(12)24)31-20(18)22-13-4-6-14(7-5-13)23(27)28/h4-11,24-25H,3H2,1-2H3/b17-11+,22-20?. The summed E-state index contributed by atoms with van der Waals surface area (Å²) in [5, 5.41) is 31.8. The van der Waals surface area contributed by atoms with Gasteiger partial charge in [0.2, 0.25) is 0 Å². The summed E-state index contributed by atoms with van der Waals surface area (Å²) >= 11 is 1.00. The molecule has 2 N–H and O–H groups in total. The molecule has 1 aliphatic rings. The predicted octanol–water partition coefficient (Wildman–Crippen LogP) is 4.50. The van der Waals surface area contributed by atoms with Crippen LogP contribution in [0, 0.1) is 10.1 Å². The summed E-state index contributed by atoms with van der Waals surface area (Å²) in [5.74, 6) is -0.639. The predicted molar refractivity (Wildman–Crippen MR) is 117 cm³/mol. The van der Waals surface area contributed by atoms with Gasteiger partial charge in [-0.2, -0.15) is 0 Å². The molecule has 0 spiro atoms. The highest BCUT2D eigenvalue weighted by Crippen LogP contribution is 2.41. The molecule has 0 saturated heterocycles. The molecule has 3 rings (SSSR count). The molecular weight excluding hydrogens is 424 g/mol. The van der Waals surface area contributed by atoms with Crippen molar-refractivity contribution in [2.45, 2.75) is 6.92 Å². The van der Waals surface area contributed by atoms with Crippen molar-refractivity contribution in [3.63, 3.8) is 0 Å². The van der Waals surface area contributed by atoms with Crippen LogP contribution in [0.2, 0.25) is 0 Å².